The lowest BCUT2D eigenvalue weighted by Crippen LogP contribution is -2.09. The summed E-state index contributed by atoms with van der Waals surface area (Å²) in [5, 5.41) is 0. The molecule has 0 aliphatic heterocycles. The van der Waals surface area contributed by atoms with Crippen LogP contribution in [0.25, 0.3) is 0 Å². The molecule has 1 atom stereocenters. The van der Waals surface area contributed by atoms with Gasteiger partial charge in [0.1, 0.15) is 11.0 Å². The molecule has 1 unspecified atom stereocenters. The lowest BCUT2D eigenvalue weighted by molar-refractivity contribution is 0.686. The van der Waals surface area contributed by atoms with Gasteiger partial charge in [0.15, 0.2) is 0 Å². The SMILES string of the molecule is CN(C)c1ccc(S(=O)Nc2ccccc2)cc1. The van der Waals surface area contributed by atoms with Crippen molar-refractivity contribution in [1.29, 1.82) is 0 Å². The normalized spacial score (nSPS) is 11.9. The largest absolute Gasteiger partial charge is 0.378 e. The third-order valence-electron chi connectivity index (χ3n) is 2.55. The van der Waals surface area contributed by atoms with E-state index in [4.69, 9.17) is 0 Å². The van der Waals surface area contributed by atoms with E-state index in [9.17, 15) is 4.21 Å². The summed E-state index contributed by atoms with van der Waals surface area (Å²) in [6, 6.07) is 17.2. The van der Waals surface area contributed by atoms with Crippen LogP contribution in [0, 0.1) is 0 Å². The second kappa shape index (κ2) is 5.69. The summed E-state index contributed by atoms with van der Waals surface area (Å²) in [5.74, 6) is 0. The molecule has 0 saturated heterocycles. The molecular formula is C14H16N2OS. The van der Waals surface area contributed by atoms with E-state index in [1.165, 1.54) is 0 Å². The van der Waals surface area contributed by atoms with E-state index in [0.717, 1.165) is 16.3 Å². The van der Waals surface area contributed by atoms with Crippen LogP contribution in [-0.4, -0.2) is 18.3 Å². The van der Waals surface area contributed by atoms with Crippen LogP contribution in [0.1, 0.15) is 0 Å². The van der Waals surface area contributed by atoms with Crippen LogP contribution in [0.15, 0.2) is 59.5 Å². The van der Waals surface area contributed by atoms with E-state index in [1.807, 2.05) is 73.6 Å². The van der Waals surface area contributed by atoms with E-state index in [1.54, 1.807) is 0 Å². The Morgan fingerprint density at radius 1 is 0.944 bits per heavy atom. The van der Waals surface area contributed by atoms with E-state index in [2.05, 4.69) is 4.72 Å². The van der Waals surface area contributed by atoms with Crippen molar-refractivity contribution in [2.45, 2.75) is 4.90 Å². The molecular weight excluding hydrogens is 244 g/mol. The Labute approximate surface area is 110 Å². The number of anilines is 2. The van der Waals surface area contributed by atoms with E-state index in [0.29, 0.717) is 0 Å². The molecule has 94 valence electrons. The van der Waals surface area contributed by atoms with Gasteiger partial charge in [-0.1, -0.05) is 18.2 Å². The van der Waals surface area contributed by atoms with Crippen molar-refractivity contribution in [3.05, 3.63) is 54.6 Å². The number of para-hydroxylation sites is 1. The van der Waals surface area contributed by atoms with Crippen molar-refractivity contribution in [1.82, 2.24) is 0 Å². The smallest absolute Gasteiger partial charge is 0.150 e. The van der Waals surface area contributed by atoms with Crippen LogP contribution in [0.3, 0.4) is 0 Å². The molecule has 0 radical (unpaired) electrons. The fourth-order valence-electron chi connectivity index (χ4n) is 1.54. The first kappa shape index (κ1) is 12.6. The standard InChI is InChI=1S/C14H16N2OS/c1-16(2)13-8-10-14(11-9-13)18(17)15-12-6-4-3-5-7-12/h3-11,15H,1-2H3. The highest BCUT2D eigenvalue weighted by Gasteiger charge is 2.04. The average Bonchev–Trinajstić information content (AvgIpc) is 2.40. The minimum Gasteiger partial charge on any atom is -0.378 e. The van der Waals surface area contributed by atoms with Gasteiger partial charge in [0.2, 0.25) is 0 Å². The fraction of sp³-hybridized carbons (Fsp3) is 0.143. The Hall–Kier alpha value is -1.81. The summed E-state index contributed by atoms with van der Waals surface area (Å²) in [4.78, 5) is 2.78. The topological polar surface area (TPSA) is 32.3 Å². The average molecular weight is 260 g/mol. The van der Waals surface area contributed by atoms with Gasteiger partial charge in [0.05, 0.1) is 4.90 Å². The molecule has 0 aliphatic carbocycles. The van der Waals surface area contributed by atoms with Crippen LogP contribution >= 0.6 is 0 Å². The molecule has 2 aromatic rings. The van der Waals surface area contributed by atoms with Crippen LogP contribution in [0.4, 0.5) is 11.4 Å². The maximum absolute atomic E-state index is 12.1. The Kier molecular flexibility index (Phi) is 3.99. The van der Waals surface area contributed by atoms with Crippen LogP contribution in [0.5, 0.6) is 0 Å². The highest BCUT2D eigenvalue weighted by atomic mass is 32.2. The maximum Gasteiger partial charge on any atom is 0.150 e. The summed E-state index contributed by atoms with van der Waals surface area (Å²) in [5.41, 5.74) is 1.95. The lowest BCUT2D eigenvalue weighted by atomic mass is 10.3. The molecule has 0 bridgehead atoms. The second-order valence-corrected chi connectivity index (χ2v) is 5.34. The van der Waals surface area contributed by atoms with Crippen molar-refractivity contribution in [3.63, 3.8) is 0 Å². The van der Waals surface area contributed by atoms with E-state index in [-0.39, 0.29) is 0 Å². The number of hydrogen-bond donors (Lipinski definition) is 1. The molecule has 2 aromatic carbocycles. The zero-order valence-corrected chi connectivity index (χ0v) is 11.3. The first-order chi connectivity index (χ1) is 8.66. The number of hydrogen-bond acceptors (Lipinski definition) is 2. The van der Waals surface area contributed by atoms with Crippen molar-refractivity contribution in [2.75, 3.05) is 23.7 Å². The monoisotopic (exact) mass is 260 g/mol. The zero-order chi connectivity index (χ0) is 13.0. The summed E-state index contributed by atoms with van der Waals surface area (Å²) in [6.07, 6.45) is 0. The molecule has 3 nitrogen and oxygen atoms in total. The predicted molar refractivity (Wildman–Crippen MR) is 77.2 cm³/mol. The second-order valence-electron chi connectivity index (χ2n) is 4.13. The zero-order valence-electron chi connectivity index (χ0n) is 10.5. The third-order valence-corrected chi connectivity index (χ3v) is 3.67. The Bertz CT molecular complexity index is 523. The van der Waals surface area contributed by atoms with Crippen LogP contribution in [-0.2, 0) is 11.0 Å². The third kappa shape index (κ3) is 3.11. The van der Waals surface area contributed by atoms with Gasteiger partial charge in [0, 0.05) is 25.5 Å². The minimum atomic E-state index is -1.22. The first-order valence-electron chi connectivity index (χ1n) is 5.67. The number of rotatable bonds is 4. The molecule has 4 heteroatoms. The van der Waals surface area contributed by atoms with Crippen molar-refractivity contribution >= 4 is 22.4 Å². The highest BCUT2D eigenvalue weighted by Crippen LogP contribution is 2.16. The van der Waals surface area contributed by atoms with Gasteiger partial charge in [-0.05, 0) is 36.4 Å². The highest BCUT2D eigenvalue weighted by molar-refractivity contribution is 7.86. The quantitative estimate of drug-likeness (QED) is 0.916. The molecule has 0 aliphatic rings. The summed E-state index contributed by atoms with van der Waals surface area (Å²) in [6.45, 7) is 0. The number of nitrogens with zero attached hydrogens (tertiary/aromatic N) is 1. The van der Waals surface area contributed by atoms with Crippen molar-refractivity contribution in [3.8, 4) is 0 Å². The molecule has 18 heavy (non-hydrogen) atoms. The van der Waals surface area contributed by atoms with Gasteiger partial charge in [0.25, 0.3) is 0 Å². The molecule has 2 rings (SSSR count). The first-order valence-corrected chi connectivity index (χ1v) is 6.82. The summed E-state index contributed by atoms with van der Waals surface area (Å²) >= 11 is 0. The molecule has 1 N–H and O–H groups in total. The van der Waals surface area contributed by atoms with Gasteiger partial charge >= 0.3 is 0 Å². The van der Waals surface area contributed by atoms with E-state index >= 15 is 0 Å². The van der Waals surface area contributed by atoms with Crippen molar-refractivity contribution in [2.24, 2.45) is 0 Å². The Morgan fingerprint density at radius 3 is 2.11 bits per heavy atom. The van der Waals surface area contributed by atoms with Crippen molar-refractivity contribution < 1.29 is 4.21 Å². The van der Waals surface area contributed by atoms with Gasteiger partial charge in [-0.2, -0.15) is 0 Å². The number of benzene rings is 2. The number of nitrogens with one attached hydrogen (secondary N) is 1. The Balaban J connectivity index is 2.10. The minimum absolute atomic E-state index is 0.768. The van der Waals surface area contributed by atoms with Crippen LogP contribution < -0.4 is 9.62 Å². The molecule has 0 heterocycles. The molecule has 0 amide bonds. The molecule has 0 saturated carbocycles. The van der Waals surface area contributed by atoms with Gasteiger partial charge < -0.3 is 9.62 Å². The predicted octanol–water partition coefficient (Wildman–Crippen LogP) is 2.89. The van der Waals surface area contributed by atoms with E-state index < -0.39 is 11.0 Å². The molecule has 0 fully saturated rings. The summed E-state index contributed by atoms with van der Waals surface area (Å²) in [7, 11) is 2.74. The van der Waals surface area contributed by atoms with Gasteiger partial charge in [-0.3, -0.25) is 0 Å². The fourth-order valence-corrected chi connectivity index (χ4v) is 2.39. The molecule has 0 spiro atoms. The Morgan fingerprint density at radius 2 is 1.56 bits per heavy atom. The molecule has 0 aromatic heterocycles. The summed E-state index contributed by atoms with van der Waals surface area (Å²) < 4.78 is 15.0. The maximum atomic E-state index is 12.1. The van der Waals surface area contributed by atoms with Gasteiger partial charge in [-0.15, -0.1) is 0 Å². The van der Waals surface area contributed by atoms with Gasteiger partial charge in [-0.25, -0.2) is 4.21 Å². The lowest BCUT2D eigenvalue weighted by Gasteiger charge is -2.12. The van der Waals surface area contributed by atoms with Crippen LogP contribution in [0.2, 0.25) is 0 Å².